The fourth-order valence-corrected chi connectivity index (χ4v) is 4.39. The Hall–Kier alpha value is -2.54. The summed E-state index contributed by atoms with van der Waals surface area (Å²) in [5.74, 6) is 0.431. The lowest BCUT2D eigenvalue weighted by molar-refractivity contribution is -0.122. The number of amides is 1. The summed E-state index contributed by atoms with van der Waals surface area (Å²) in [4.78, 5) is 12.9. The van der Waals surface area contributed by atoms with Crippen molar-refractivity contribution in [2.24, 2.45) is 0 Å². The van der Waals surface area contributed by atoms with Gasteiger partial charge < -0.3 is 10.1 Å². The van der Waals surface area contributed by atoms with Crippen LogP contribution in [0.3, 0.4) is 0 Å². The van der Waals surface area contributed by atoms with Gasteiger partial charge >= 0.3 is 0 Å². The van der Waals surface area contributed by atoms with Gasteiger partial charge in [-0.25, -0.2) is 8.42 Å². The maximum Gasteiger partial charge on any atom is 0.244 e. The van der Waals surface area contributed by atoms with Gasteiger partial charge in [0.15, 0.2) is 0 Å². The van der Waals surface area contributed by atoms with E-state index in [1.54, 1.807) is 44.4 Å². The summed E-state index contributed by atoms with van der Waals surface area (Å²) >= 11 is 0. The highest BCUT2D eigenvalue weighted by atomic mass is 32.2. The van der Waals surface area contributed by atoms with E-state index in [0.29, 0.717) is 12.1 Å². The predicted molar refractivity (Wildman–Crippen MR) is 112 cm³/mol. The zero-order valence-electron chi connectivity index (χ0n) is 17.0. The second-order valence-corrected chi connectivity index (χ2v) is 8.63. The molecule has 1 N–H and O–H groups in total. The third kappa shape index (κ3) is 5.04. The molecule has 2 atom stereocenters. The molecule has 0 aliphatic rings. The van der Waals surface area contributed by atoms with Crippen LogP contribution < -0.4 is 14.4 Å². The minimum Gasteiger partial charge on any atom is -0.496 e. The van der Waals surface area contributed by atoms with Crippen LogP contribution in [0.5, 0.6) is 5.75 Å². The van der Waals surface area contributed by atoms with Gasteiger partial charge in [0.2, 0.25) is 15.9 Å². The Morgan fingerprint density at radius 3 is 2.32 bits per heavy atom. The van der Waals surface area contributed by atoms with Crippen LogP contribution in [0.2, 0.25) is 0 Å². The number of hydrogen-bond acceptors (Lipinski definition) is 4. The quantitative estimate of drug-likeness (QED) is 0.731. The van der Waals surface area contributed by atoms with Crippen molar-refractivity contribution >= 4 is 21.6 Å². The molecule has 0 saturated carbocycles. The largest absolute Gasteiger partial charge is 0.496 e. The van der Waals surface area contributed by atoms with Crippen LogP contribution in [-0.4, -0.2) is 33.7 Å². The van der Waals surface area contributed by atoms with E-state index in [1.807, 2.05) is 32.0 Å². The van der Waals surface area contributed by atoms with Crippen molar-refractivity contribution in [3.63, 3.8) is 0 Å². The lowest BCUT2D eigenvalue weighted by Crippen LogP contribution is -2.48. The first-order valence-electron chi connectivity index (χ1n) is 9.18. The molecule has 152 valence electrons. The first kappa shape index (κ1) is 21.8. The number of ether oxygens (including phenoxy) is 1. The third-order valence-corrected chi connectivity index (χ3v) is 5.89. The van der Waals surface area contributed by atoms with E-state index in [9.17, 15) is 13.2 Å². The fourth-order valence-electron chi connectivity index (χ4n) is 3.22. The molecular formula is C21H28N2O4S. The molecule has 0 aliphatic carbocycles. The molecule has 7 heteroatoms. The highest BCUT2D eigenvalue weighted by Crippen LogP contribution is 2.25. The SMILES string of the molecule is CC[C@@H](NC(=O)[C@@H](C)N(c1ccccc1)S(C)(=O)=O)c1ccc(OC)c(C)c1. The lowest BCUT2D eigenvalue weighted by Gasteiger charge is -2.30. The summed E-state index contributed by atoms with van der Waals surface area (Å²) in [6.45, 7) is 5.51. The molecule has 2 rings (SSSR count). The van der Waals surface area contributed by atoms with E-state index in [-0.39, 0.29) is 11.9 Å². The molecule has 0 radical (unpaired) electrons. The van der Waals surface area contributed by atoms with Gasteiger partial charge in [-0.05, 0) is 49.6 Å². The van der Waals surface area contributed by atoms with Crippen LogP contribution in [0.15, 0.2) is 48.5 Å². The van der Waals surface area contributed by atoms with Crippen molar-refractivity contribution in [1.82, 2.24) is 5.32 Å². The van der Waals surface area contributed by atoms with Crippen LogP contribution in [0.1, 0.15) is 37.4 Å². The fraction of sp³-hybridized carbons (Fsp3) is 0.381. The summed E-state index contributed by atoms with van der Waals surface area (Å²) < 4.78 is 31.1. The normalized spacial score (nSPS) is 13.5. The number of aryl methyl sites for hydroxylation is 1. The number of nitrogens with zero attached hydrogens (tertiary/aromatic N) is 1. The third-order valence-electron chi connectivity index (χ3n) is 4.65. The van der Waals surface area contributed by atoms with Gasteiger partial charge in [-0.1, -0.05) is 37.3 Å². The molecule has 0 bridgehead atoms. The average molecular weight is 405 g/mol. The van der Waals surface area contributed by atoms with Gasteiger partial charge in [-0.2, -0.15) is 0 Å². The molecule has 0 saturated heterocycles. The summed E-state index contributed by atoms with van der Waals surface area (Å²) in [7, 11) is -2.01. The number of methoxy groups -OCH3 is 1. The van der Waals surface area contributed by atoms with E-state index >= 15 is 0 Å². The van der Waals surface area contributed by atoms with Crippen LogP contribution in [0.25, 0.3) is 0 Å². The second kappa shape index (κ2) is 9.10. The van der Waals surface area contributed by atoms with Crippen LogP contribution in [-0.2, 0) is 14.8 Å². The maximum atomic E-state index is 12.9. The summed E-state index contributed by atoms with van der Waals surface area (Å²) in [6.07, 6.45) is 1.78. The van der Waals surface area contributed by atoms with Gasteiger partial charge in [-0.15, -0.1) is 0 Å². The maximum absolute atomic E-state index is 12.9. The standard InChI is InChI=1S/C21H28N2O4S/c1-6-19(17-12-13-20(27-4)15(2)14-17)22-21(24)16(3)23(28(5,25)26)18-10-8-7-9-11-18/h7-14,16,19H,6H2,1-5H3,(H,22,24)/t16-,19-/m1/s1. The monoisotopic (exact) mass is 404 g/mol. The minimum atomic E-state index is -3.63. The van der Waals surface area contributed by atoms with E-state index in [4.69, 9.17) is 4.74 Å². The van der Waals surface area contributed by atoms with Crippen molar-refractivity contribution < 1.29 is 17.9 Å². The number of nitrogens with one attached hydrogen (secondary N) is 1. The van der Waals surface area contributed by atoms with Crippen molar-refractivity contribution in [2.75, 3.05) is 17.7 Å². The highest BCUT2D eigenvalue weighted by Gasteiger charge is 2.30. The second-order valence-electron chi connectivity index (χ2n) is 6.77. The topological polar surface area (TPSA) is 75.7 Å². The van der Waals surface area contributed by atoms with Gasteiger partial charge in [0.1, 0.15) is 11.8 Å². The van der Waals surface area contributed by atoms with Crippen LogP contribution in [0.4, 0.5) is 5.69 Å². The summed E-state index contributed by atoms with van der Waals surface area (Å²) in [6, 6.07) is 13.3. The Morgan fingerprint density at radius 2 is 1.82 bits per heavy atom. The van der Waals surface area contributed by atoms with Gasteiger partial charge in [0, 0.05) is 0 Å². The Balaban J connectivity index is 2.26. The number of sulfonamides is 1. The lowest BCUT2D eigenvalue weighted by atomic mass is 10.0. The van der Waals surface area contributed by atoms with Crippen molar-refractivity contribution in [2.45, 2.75) is 39.3 Å². The smallest absolute Gasteiger partial charge is 0.244 e. The Labute approximate surface area is 167 Å². The molecule has 6 nitrogen and oxygen atoms in total. The molecule has 2 aromatic carbocycles. The first-order chi connectivity index (χ1) is 13.2. The molecular weight excluding hydrogens is 376 g/mol. The molecule has 28 heavy (non-hydrogen) atoms. The first-order valence-corrected chi connectivity index (χ1v) is 11.0. The number of carbonyl (C=O) groups excluding carboxylic acids is 1. The summed E-state index contributed by atoms with van der Waals surface area (Å²) in [5.41, 5.74) is 2.38. The zero-order chi connectivity index (χ0) is 20.9. The Kier molecular flexibility index (Phi) is 7.07. The number of hydrogen-bond donors (Lipinski definition) is 1. The Bertz CT molecular complexity index is 913. The molecule has 0 heterocycles. The number of carbonyl (C=O) groups is 1. The molecule has 1 amide bonds. The average Bonchev–Trinajstić information content (AvgIpc) is 2.65. The van der Waals surface area contributed by atoms with Crippen molar-refractivity contribution in [3.05, 3.63) is 59.7 Å². The molecule has 0 fully saturated rings. The number of para-hydroxylation sites is 1. The predicted octanol–water partition coefficient (Wildman–Crippen LogP) is 3.43. The van der Waals surface area contributed by atoms with Crippen molar-refractivity contribution in [3.8, 4) is 5.75 Å². The van der Waals surface area contributed by atoms with E-state index < -0.39 is 16.1 Å². The molecule has 0 spiro atoms. The molecule has 2 aromatic rings. The highest BCUT2D eigenvalue weighted by molar-refractivity contribution is 7.92. The van der Waals surface area contributed by atoms with Gasteiger partial charge in [-0.3, -0.25) is 9.10 Å². The number of anilines is 1. The van der Waals surface area contributed by atoms with Crippen LogP contribution in [0, 0.1) is 6.92 Å². The zero-order valence-corrected chi connectivity index (χ0v) is 17.8. The van der Waals surface area contributed by atoms with Crippen molar-refractivity contribution in [1.29, 1.82) is 0 Å². The number of rotatable bonds is 8. The van der Waals surface area contributed by atoms with E-state index in [1.165, 1.54) is 0 Å². The van der Waals surface area contributed by atoms with Gasteiger partial charge in [0.05, 0.1) is 25.1 Å². The summed E-state index contributed by atoms with van der Waals surface area (Å²) in [5, 5.41) is 2.98. The molecule has 0 aromatic heterocycles. The molecule has 0 aliphatic heterocycles. The Morgan fingerprint density at radius 1 is 1.18 bits per heavy atom. The number of benzene rings is 2. The molecule has 0 unspecified atom stereocenters. The van der Waals surface area contributed by atoms with E-state index in [0.717, 1.165) is 27.4 Å². The minimum absolute atomic E-state index is 0.225. The van der Waals surface area contributed by atoms with Crippen LogP contribution >= 0.6 is 0 Å². The van der Waals surface area contributed by atoms with Gasteiger partial charge in [0.25, 0.3) is 0 Å². The van der Waals surface area contributed by atoms with E-state index in [2.05, 4.69) is 5.32 Å².